The molecule has 1 aliphatic heterocycles. The Labute approximate surface area is 128 Å². The molecule has 0 radical (unpaired) electrons. The average Bonchev–Trinajstić information content (AvgIpc) is 2.72. The monoisotopic (exact) mass is 302 g/mol. The largest absolute Gasteiger partial charge is 0.368 e. The quantitative estimate of drug-likeness (QED) is 0.617. The number of fused-ring (bicyclic) bond motifs is 1. The first-order valence-electron chi connectivity index (χ1n) is 7.15. The summed E-state index contributed by atoms with van der Waals surface area (Å²) in [7, 11) is 3.57. The molecular formula is C14H18N6O2. The first-order valence-corrected chi connectivity index (χ1v) is 7.15. The van der Waals surface area contributed by atoms with Gasteiger partial charge in [0.15, 0.2) is 5.82 Å². The van der Waals surface area contributed by atoms with Crippen LogP contribution in [0.25, 0.3) is 0 Å². The number of nitrogen functional groups attached to an aromatic ring is 1. The van der Waals surface area contributed by atoms with Crippen molar-refractivity contribution in [1.29, 1.82) is 0 Å². The molecule has 8 heteroatoms. The number of imide groups is 1. The number of anilines is 2. The molecule has 2 atom stereocenters. The van der Waals surface area contributed by atoms with E-state index in [0.29, 0.717) is 24.6 Å². The van der Waals surface area contributed by atoms with Gasteiger partial charge in [-0.25, -0.2) is 0 Å². The zero-order valence-corrected chi connectivity index (χ0v) is 12.6. The Kier molecular flexibility index (Phi) is 3.51. The van der Waals surface area contributed by atoms with Gasteiger partial charge in [0.25, 0.3) is 0 Å². The molecule has 1 aliphatic carbocycles. The number of allylic oxidation sites excluding steroid dienone is 2. The lowest BCUT2D eigenvalue weighted by atomic mass is 9.85. The number of nitrogens with zero attached hydrogens (tertiary/aromatic N) is 5. The molecule has 0 saturated carbocycles. The number of likely N-dealkylation sites (tertiary alicyclic amines) is 1. The maximum absolute atomic E-state index is 12.4. The first-order chi connectivity index (χ1) is 10.5. The molecule has 3 rings (SSSR count). The van der Waals surface area contributed by atoms with Crippen LogP contribution in [0.1, 0.15) is 18.7 Å². The van der Waals surface area contributed by atoms with E-state index in [1.807, 2.05) is 12.2 Å². The minimum absolute atomic E-state index is 0.0399. The highest BCUT2D eigenvalue weighted by Gasteiger charge is 2.47. The Morgan fingerprint density at radius 3 is 2.27 bits per heavy atom. The maximum Gasteiger partial charge on any atom is 0.233 e. The van der Waals surface area contributed by atoms with Crippen LogP contribution in [0, 0.1) is 11.8 Å². The topological polar surface area (TPSA) is 105 Å². The Bertz CT molecular complexity index is 631. The van der Waals surface area contributed by atoms with Crippen LogP contribution in [-0.2, 0) is 16.1 Å². The first kappa shape index (κ1) is 14.4. The van der Waals surface area contributed by atoms with Gasteiger partial charge in [0.1, 0.15) is 0 Å². The third kappa shape index (κ3) is 2.40. The second-order valence-electron chi connectivity index (χ2n) is 5.72. The van der Waals surface area contributed by atoms with E-state index >= 15 is 0 Å². The van der Waals surface area contributed by atoms with E-state index in [1.54, 1.807) is 19.0 Å². The van der Waals surface area contributed by atoms with E-state index in [0.717, 1.165) is 0 Å². The zero-order valence-electron chi connectivity index (χ0n) is 12.6. The number of hydrogen-bond donors (Lipinski definition) is 1. The van der Waals surface area contributed by atoms with Crippen LogP contribution < -0.4 is 10.6 Å². The van der Waals surface area contributed by atoms with Gasteiger partial charge in [0.05, 0.1) is 18.4 Å². The summed E-state index contributed by atoms with van der Waals surface area (Å²) in [4.78, 5) is 40.1. The normalized spacial score (nSPS) is 23.8. The fourth-order valence-electron chi connectivity index (χ4n) is 2.86. The molecule has 2 heterocycles. The lowest BCUT2D eigenvalue weighted by molar-refractivity contribution is -0.140. The summed E-state index contributed by atoms with van der Waals surface area (Å²) in [5.41, 5.74) is 5.67. The van der Waals surface area contributed by atoms with Gasteiger partial charge in [-0.3, -0.25) is 14.5 Å². The molecule has 2 amide bonds. The SMILES string of the molecule is CN(C)c1nc(N)nc(CN2C(=O)C3CC=CCC3C2=O)n1. The van der Waals surface area contributed by atoms with Crippen molar-refractivity contribution in [2.75, 3.05) is 24.7 Å². The minimum atomic E-state index is -0.245. The second kappa shape index (κ2) is 5.36. The molecule has 2 N–H and O–H groups in total. The standard InChI is InChI=1S/C14H18N6O2/c1-19(2)14-17-10(16-13(15)18-14)7-20-11(21)8-5-3-4-6-9(8)12(20)22/h3-4,8-9H,5-7H2,1-2H3,(H2,15,16,17,18). The summed E-state index contributed by atoms with van der Waals surface area (Å²) < 4.78 is 0. The van der Waals surface area contributed by atoms with Crippen molar-refractivity contribution in [2.45, 2.75) is 19.4 Å². The van der Waals surface area contributed by atoms with Crippen molar-refractivity contribution in [3.8, 4) is 0 Å². The Morgan fingerprint density at radius 1 is 1.14 bits per heavy atom. The predicted molar refractivity (Wildman–Crippen MR) is 79.5 cm³/mol. The molecule has 1 fully saturated rings. The van der Waals surface area contributed by atoms with E-state index in [4.69, 9.17) is 5.73 Å². The summed E-state index contributed by atoms with van der Waals surface area (Å²) in [6.45, 7) is 0.0399. The molecule has 1 aromatic rings. The van der Waals surface area contributed by atoms with Crippen molar-refractivity contribution in [3.05, 3.63) is 18.0 Å². The van der Waals surface area contributed by atoms with Crippen LogP contribution in [0.3, 0.4) is 0 Å². The van der Waals surface area contributed by atoms with Gasteiger partial charge in [-0.05, 0) is 12.8 Å². The maximum atomic E-state index is 12.4. The van der Waals surface area contributed by atoms with Crippen LogP contribution in [-0.4, -0.2) is 45.8 Å². The van der Waals surface area contributed by atoms with Gasteiger partial charge in [-0.2, -0.15) is 15.0 Å². The van der Waals surface area contributed by atoms with Crippen LogP contribution in [0.5, 0.6) is 0 Å². The van der Waals surface area contributed by atoms with Crippen molar-refractivity contribution in [1.82, 2.24) is 19.9 Å². The molecule has 116 valence electrons. The fraction of sp³-hybridized carbons (Fsp3) is 0.500. The van der Waals surface area contributed by atoms with E-state index in [2.05, 4.69) is 15.0 Å². The number of carbonyl (C=O) groups excluding carboxylic acids is 2. The number of aromatic nitrogens is 3. The van der Waals surface area contributed by atoms with Crippen LogP contribution in [0.15, 0.2) is 12.2 Å². The highest BCUT2D eigenvalue weighted by molar-refractivity contribution is 6.05. The molecular weight excluding hydrogens is 284 g/mol. The molecule has 0 aromatic carbocycles. The third-order valence-electron chi connectivity index (χ3n) is 3.99. The summed E-state index contributed by atoms with van der Waals surface area (Å²) in [6, 6.07) is 0. The van der Waals surface area contributed by atoms with Gasteiger partial charge in [0.2, 0.25) is 23.7 Å². The summed E-state index contributed by atoms with van der Waals surface area (Å²) >= 11 is 0. The number of amides is 2. The summed E-state index contributed by atoms with van der Waals surface area (Å²) in [6.07, 6.45) is 5.16. The van der Waals surface area contributed by atoms with Crippen LogP contribution in [0.4, 0.5) is 11.9 Å². The van der Waals surface area contributed by atoms with Crippen molar-refractivity contribution in [2.24, 2.45) is 11.8 Å². The highest BCUT2D eigenvalue weighted by Crippen LogP contribution is 2.35. The Hall–Kier alpha value is -2.51. The molecule has 2 unspecified atom stereocenters. The second-order valence-corrected chi connectivity index (χ2v) is 5.72. The summed E-state index contributed by atoms with van der Waals surface area (Å²) in [5, 5.41) is 0. The summed E-state index contributed by atoms with van der Waals surface area (Å²) in [5.74, 6) is 0.0153. The lowest BCUT2D eigenvalue weighted by Crippen LogP contribution is -2.31. The Balaban J connectivity index is 1.84. The number of hydrogen-bond acceptors (Lipinski definition) is 7. The van der Waals surface area contributed by atoms with Crippen molar-refractivity contribution >= 4 is 23.7 Å². The zero-order chi connectivity index (χ0) is 15.9. The molecule has 1 saturated heterocycles. The van der Waals surface area contributed by atoms with Crippen LogP contribution in [0.2, 0.25) is 0 Å². The Morgan fingerprint density at radius 2 is 1.73 bits per heavy atom. The molecule has 0 spiro atoms. The van der Waals surface area contributed by atoms with E-state index < -0.39 is 0 Å². The molecule has 22 heavy (non-hydrogen) atoms. The third-order valence-corrected chi connectivity index (χ3v) is 3.99. The smallest absolute Gasteiger partial charge is 0.233 e. The van der Waals surface area contributed by atoms with Gasteiger partial charge >= 0.3 is 0 Å². The molecule has 8 nitrogen and oxygen atoms in total. The van der Waals surface area contributed by atoms with E-state index in [9.17, 15) is 9.59 Å². The lowest BCUT2D eigenvalue weighted by Gasteiger charge is -2.15. The highest BCUT2D eigenvalue weighted by atomic mass is 16.2. The number of carbonyl (C=O) groups is 2. The number of nitrogens with two attached hydrogens (primary N) is 1. The van der Waals surface area contributed by atoms with Crippen LogP contribution >= 0.6 is 0 Å². The molecule has 2 aliphatic rings. The van der Waals surface area contributed by atoms with Crippen molar-refractivity contribution in [3.63, 3.8) is 0 Å². The molecule has 0 bridgehead atoms. The van der Waals surface area contributed by atoms with Crippen molar-refractivity contribution < 1.29 is 9.59 Å². The fourth-order valence-corrected chi connectivity index (χ4v) is 2.86. The van der Waals surface area contributed by atoms with E-state index in [-0.39, 0.29) is 36.1 Å². The number of rotatable bonds is 3. The van der Waals surface area contributed by atoms with Gasteiger partial charge in [0, 0.05) is 14.1 Å². The minimum Gasteiger partial charge on any atom is -0.368 e. The molecule has 1 aromatic heterocycles. The van der Waals surface area contributed by atoms with Gasteiger partial charge in [-0.15, -0.1) is 0 Å². The van der Waals surface area contributed by atoms with Gasteiger partial charge < -0.3 is 10.6 Å². The average molecular weight is 302 g/mol. The van der Waals surface area contributed by atoms with E-state index in [1.165, 1.54) is 4.90 Å². The predicted octanol–water partition coefficient (Wildman–Crippen LogP) is -0.0290. The van der Waals surface area contributed by atoms with Gasteiger partial charge in [-0.1, -0.05) is 12.2 Å².